The Morgan fingerprint density at radius 3 is 2.52 bits per heavy atom. The van der Waals surface area contributed by atoms with E-state index in [1.807, 2.05) is 0 Å². The van der Waals surface area contributed by atoms with E-state index in [0.29, 0.717) is 9.95 Å². The van der Waals surface area contributed by atoms with Crippen molar-refractivity contribution in [3.05, 3.63) is 35.6 Å². The molecule has 0 fully saturated rings. The number of carbonyl (C=O) groups excluding carboxylic acids is 1. The van der Waals surface area contributed by atoms with E-state index in [1.54, 1.807) is 24.4 Å². The van der Waals surface area contributed by atoms with Crippen LogP contribution < -0.4 is 19.1 Å². The Morgan fingerprint density at radius 1 is 1.26 bits per heavy atom. The van der Waals surface area contributed by atoms with Gasteiger partial charge >= 0.3 is 6.03 Å². The second-order valence-corrected chi connectivity index (χ2v) is 6.07. The zero-order valence-corrected chi connectivity index (χ0v) is 15.6. The fourth-order valence-corrected chi connectivity index (χ4v) is 3.01. The Balaban J connectivity index is 2.00. The van der Waals surface area contributed by atoms with Gasteiger partial charge in [-0.1, -0.05) is 17.7 Å². The van der Waals surface area contributed by atoms with Gasteiger partial charge in [0.2, 0.25) is 17.7 Å². The van der Waals surface area contributed by atoms with Gasteiger partial charge in [-0.25, -0.2) is 14.0 Å². The average molecular weight is 413 g/mol. The van der Waals surface area contributed by atoms with E-state index in [4.69, 9.17) is 21.1 Å². The molecule has 2 amide bonds. The molecule has 0 saturated heterocycles. The standard InChI is InChI=1S/C14H13ClN6O5S/c1-25-9-7-10(26-2)18-13(17-9)19-14(22)21(27(23)24)12-11(15)16-8-5-3-4-6-20(8)12/h3-7H,1-2H3,(H,23,24)(H,17,18,19,22). The number of ether oxygens (including phenoxy) is 2. The number of pyridine rings is 1. The highest BCUT2D eigenvalue weighted by atomic mass is 35.5. The van der Waals surface area contributed by atoms with Crippen molar-refractivity contribution in [1.29, 1.82) is 0 Å². The number of anilines is 2. The lowest BCUT2D eigenvalue weighted by atomic mass is 10.5. The van der Waals surface area contributed by atoms with Crippen LogP contribution in [0.2, 0.25) is 5.15 Å². The minimum atomic E-state index is -2.76. The predicted octanol–water partition coefficient (Wildman–Crippen LogP) is 1.97. The summed E-state index contributed by atoms with van der Waals surface area (Å²) in [7, 11) is 2.75. The van der Waals surface area contributed by atoms with Crippen molar-refractivity contribution in [3.63, 3.8) is 0 Å². The van der Waals surface area contributed by atoms with E-state index >= 15 is 0 Å². The van der Waals surface area contributed by atoms with Crippen LogP contribution in [0.25, 0.3) is 5.65 Å². The molecule has 0 spiro atoms. The third kappa shape index (κ3) is 3.77. The number of halogens is 1. The molecule has 0 bridgehead atoms. The lowest BCUT2D eigenvalue weighted by Gasteiger charge is -2.18. The molecule has 3 aromatic heterocycles. The molecule has 27 heavy (non-hydrogen) atoms. The summed E-state index contributed by atoms with van der Waals surface area (Å²) in [5.74, 6) is -0.0413. The molecule has 0 aliphatic heterocycles. The van der Waals surface area contributed by atoms with E-state index in [2.05, 4.69) is 20.3 Å². The van der Waals surface area contributed by atoms with Crippen LogP contribution in [0.1, 0.15) is 0 Å². The van der Waals surface area contributed by atoms with E-state index < -0.39 is 17.3 Å². The van der Waals surface area contributed by atoms with Gasteiger partial charge in [0, 0.05) is 6.20 Å². The topological polar surface area (TPSA) is 131 Å². The van der Waals surface area contributed by atoms with Crippen LogP contribution in [0.3, 0.4) is 0 Å². The second kappa shape index (κ2) is 7.73. The number of aromatic nitrogens is 4. The number of methoxy groups -OCH3 is 2. The van der Waals surface area contributed by atoms with Crippen LogP contribution in [0, 0.1) is 0 Å². The normalized spacial score (nSPS) is 11.9. The molecule has 0 saturated carbocycles. The third-order valence-electron chi connectivity index (χ3n) is 3.31. The number of nitrogens with one attached hydrogen (secondary N) is 1. The molecule has 0 radical (unpaired) electrons. The molecule has 0 aliphatic rings. The van der Waals surface area contributed by atoms with Crippen molar-refractivity contribution in [2.45, 2.75) is 0 Å². The van der Waals surface area contributed by atoms with Gasteiger partial charge in [0.25, 0.3) is 11.3 Å². The minimum Gasteiger partial charge on any atom is -0.481 e. The summed E-state index contributed by atoms with van der Waals surface area (Å²) in [6, 6.07) is 5.37. The van der Waals surface area contributed by atoms with Gasteiger partial charge in [-0.3, -0.25) is 14.3 Å². The zero-order chi connectivity index (χ0) is 19.6. The largest absolute Gasteiger partial charge is 0.481 e. The summed E-state index contributed by atoms with van der Waals surface area (Å²) in [5, 5.41) is 2.17. The van der Waals surface area contributed by atoms with Crippen molar-refractivity contribution in [2.24, 2.45) is 0 Å². The van der Waals surface area contributed by atoms with Gasteiger partial charge in [0.15, 0.2) is 11.0 Å². The summed E-state index contributed by atoms with van der Waals surface area (Å²) in [4.78, 5) is 24.6. The first kappa shape index (κ1) is 18.8. The number of urea groups is 1. The summed E-state index contributed by atoms with van der Waals surface area (Å²) < 4.78 is 33.4. The second-order valence-electron chi connectivity index (χ2n) is 4.89. The summed E-state index contributed by atoms with van der Waals surface area (Å²) in [6.45, 7) is 0. The monoisotopic (exact) mass is 412 g/mol. The molecule has 0 aliphatic carbocycles. The molecular formula is C14H13ClN6O5S. The number of amides is 2. The van der Waals surface area contributed by atoms with Gasteiger partial charge in [-0.15, -0.1) is 0 Å². The molecule has 3 heterocycles. The zero-order valence-electron chi connectivity index (χ0n) is 14.0. The number of hydrogen-bond donors (Lipinski definition) is 2. The first-order valence-electron chi connectivity index (χ1n) is 7.26. The Morgan fingerprint density at radius 2 is 1.93 bits per heavy atom. The number of imidazole rings is 1. The Labute approximate surface area is 160 Å². The van der Waals surface area contributed by atoms with Crippen LogP contribution in [0.5, 0.6) is 11.8 Å². The first-order chi connectivity index (χ1) is 12.9. The number of fused-ring (bicyclic) bond motifs is 1. The van der Waals surface area contributed by atoms with Crippen molar-refractivity contribution >= 4 is 46.3 Å². The maximum absolute atomic E-state index is 12.6. The highest BCUT2D eigenvalue weighted by Gasteiger charge is 2.29. The van der Waals surface area contributed by atoms with Crippen molar-refractivity contribution in [3.8, 4) is 11.8 Å². The molecule has 3 rings (SSSR count). The predicted molar refractivity (Wildman–Crippen MR) is 97.6 cm³/mol. The fraction of sp³-hybridized carbons (Fsp3) is 0.143. The molecule has 1 atom stereocenters. The lowest BCUT2D eigenvalue weighted by Crippen LogP contribution is -2.37. The van der Waals surface area contributed by atoms with Crippen LogP contribution in [-0.2, 0) is 11.3 Å². The van der Waals surface area contributed by atoms with Crippen LogP contribution in [-0.4, -0.2) is 48.4 Å². The average Bonchev–Trinajstić information content (AvgIpc) is 2.97. The Hall–Kier alpha value is -2.96. The number of carbonyl (C=O) groups is 1. The van der Waals surface area contributed by atoms with E-state index in [-0.39, 0.29) is 28.7 Å². The Kier molecular flexibility index (Phi) is 5.39. The summed E-state index contributed by atoms with van der Waals surface area (Å²) in [6.07, 6.45) is 1.54. The third-order valence-corrected chi connectivity index (χ3v) is 4.22. The van der Waals surface area contributed by atoms with Crippen molar-refractivity contribution < 1.29 is 23.0 Å². The van der Waals surface area contributed by atoms with Crippen LogP contribution in [0.4, 0.5) is 16.6 Å². The van der Waals surface area contributed by atoms with E-state index in [1.165, 1.54) is 24.7 Å². The van der Waals surface area contributed by atoms with Gasteiger partial charge < -0.3 is 9.47 Å². The van der Waals surface area contributed by atoms with Crippen molar-refractivity contribution in [2.75, 3.05) is 23.8 Å². The van der Waals surface area contributed by atoms with Crippen LogP contribution in [0.15, 0.2) is 30.5 Å². The minimum absolute atomic E-state index is 0.0968. The number of nitrogens with zero attached hydrogens (tertiary/aromatic N) is 5. The van der Waals surface area contributed by atoms with E-state index in [0.717, 1.165) is 0 Å². The molecular weight excluding hydrogens is 400 g/mol. The highest BCUT2D eigenvalue weighted by molar-refractivity contribution is 7.81. The van der Waals surface area contributed by atoms with Gasteiger partial charge in [0.05, 0.1) is 20.3 Å². The molecule has 1 unspecified atom stereocenters. The number of rotatable bonds is 5. The molecule has 11 nitrogen and oxygen atoms in total. The van der Waals surface area contributed by atoms with Gasteiger partial charge in [-0.05, 0) is 12.1 Å². The Bertz CT molecular complexity index is 1010. The van der Waals surface area contributed by atoms with Gasteiger partial charge in [-0.2, -0.15) is 14.3 Å². The number of hydrogen-bond acceptors (Lipinski definition) is 7. The maximum atomic E-state index is 12.6. The molecule has 142 valence electrons. The quantitative estimate of drug-likeness (QED) is 0.608. The maximum Gasteiger partial charge on any atom is 0.343 e. The van der Waals surface area contributed by atoms with Gasteiger partial charge in [0.1, 0.15) is 5.65 Å². The molecule has 13 heteroatoms. The molecule has 0 aromatic carbocycles. The molecule has 2 N–H and O–H groups in total. The first-order valence-corrected chi connectivity index (χ1v) is 8.70. The van der Waals surface area contributed by atoms with Crippen molar-refractivity contribution in [1.82, 2.24) is 19.4 Å². The summed E-state index contributed by atoms with van der Waals surface area (Å²) in [5.41, 5.74) is 0.389. The lowest BCUT2D eigenvalue weighted by molar-refractivity contribution is 0.259. The molecule has 3 aromatic rings. The highest BCUT2D eigenvalue weighted by Crippen LogP contribution is 2.28. The SMILES string of the molecule is COc1cc(OC)nc(NC(=O)N(c2c(Cl)nc3ccccn23)S(=O)O)n1. The summed E-state index contributed by atoms with van der Waals surface area (Å²) >= 11 is 3.32. The van der Waals surface area contributed by atoms with Crippen LogP contribution >= 0.6 is 11.6 Å². The van der Waals surface area contributed by atoms with E-state index in [9.17, 15) is 13.6 Å². The smallest absolute Gasteiger partial charge is 0.343 e. The fourth-order valence-electron chi connectivity index (χ4n) is 2.19.